The number of carbonyl (C=O) groups excluding carboxylic acids is 3. The van der Waals surface area contributed by atoms with E-state index in [1.54, 1.807) is 30.6 Å². The largest absolute Gasteiger partial charge is 0.465 e. The van der Waals surface area contributed by atoms with Crippen LogP contribution in [0.3, 0.4) is 0 Å². The van der Waals surface area contributed by atoms with E-state index in [-0.39, 0.29) is 28.0 Å². The molecule has 2 aromatic heterocycles. The molecule has 0 fully saturated rings. The molecule has 0 saturated heterocycles. The van der Waals surface area contributed by atoms with E-state index in [4.69, 9.17) is 13.9 Å². The molecule has 0 aliphatic rings. The minimum atomic E-state index is -0.732. The normalized spacial score (nSPS) is 11.0. The van der Waals surface area contributed by atoms with Crippen molar-refractivity contribution in [1.82, 2.24) is 4.57 Å². The number of hydrogen-bond acceptors (Lipinski definition) is 9. The van der Waals surface area contributed by atoms with E-state index in [1.165, 1.54) is 38.5 Å². The van der Waals surface area contributed by atoms with E-state index < -0.39 is 28.5 Å². The Morgan fingerprint density at radius 1 is 1.06 bits per heavy atom. The minimum Gasteiger partial charge on any atom is -0.465 e. The molecule has 11 heteroatoms. The molecule has 0 bridgehead atoms. The van der Waals surface area contributed by atoms with Gasteiger partial charge in [-0.3, -0.25) is 14.9 Å². The number of furan rings is 1. The van der Waals surface area contributed by atoms with Crippen molar-refractivity contribution in [3.8, 4) is 11.8 Å². The highest BCUT2D eigenvalue weighted by molar-refractivity contribution is 6.14. The Kier molecular flexibility index (Phi) is 6.96. The van der Waals surface area contributed by atoms with Crippen LogP contribution in [-0.4, -0.2) is 41.4 Å². The molecule has 2 heterocycles. The fourth-order valence-electron chi connectivity index (χ4n) is 3.56. The van der Waals surface area contributed by atoms with Crippen LogP contribution in [0.25, 0.3) is 11.8 Å². The highest BCUT2D eigenvalue weighted by Gasteiger charge is 2.23. The molecule has 0 saturated carbocycles. The number of nitriles is 1. The first-order valence-electron chi connectivity index (χ1n) is 10.0. The third kappa shape index (κ3) is 4.86. The van der Waals surface area contributed by atoms with Gasteiger partial charge in [-0.25, -0.2) is 9.59 Å². The number of methoxy groups -OCH3 is 2. The fourth-order valence-corrected chi connectivity index (χ4v) is 3.56. The van der Waals surface area contributed by atoms with E-state index in [0.717, 1.165) is 12.1 Å². The summed E-state index contributed by atoms with van der Waals surface area (Å²) in [5.74, 6) is -2.52. The van der Waals surface area contributed by atoms with Crippen molar-refractivity contribution < 1.29 is 33.2 Å². The van der Waals surface area contributed by atoms with Crippen molar-refractivity contribution in [1.29, 1.82) is 5.26 Å². The minimum absolute atomic E-state index is 0.0242. The second-order valence-corrected chi connectivity index (χ2v) is 7.30. The quantitative estimate of drug-likeness (QED) is 0.123. The molecule has 11 nitrogen and oxygen atoms in total. The van der Waals surface area contributed by atoms with Crippen molar-refractivity contribution in [2.45, 2.75) is 13.8 Å². The fraction of sp³-hybridized carbons (Fsp3) is 0.167. The lowest BCUT2D eigenvalue weighted by Gasteiger charge is -2.13. The summed E-state index contributed by atoms with van der Waals surface area (Å²) >= 11 is 0. The average molecular weight is 477 g/mol. The zero-order valence-electron chi connectivity index (χ0n) is 19.1. The Balaban J connectivity index is 2.10. The molecule has 0 aliphatic carbocycles. The van der Waals surface area contributed by atoms with Crippen molar-refractivity contribution in [3.63, 3.8) is 0 Å². The van der Waals surface area contributed by atoms with E-state index in [9.17, 15) is 29.8 Å². The summed E-state index contributed by atoms with van der Waals surface area (Å²) in [4.78, 5) is 47.5. The van der Waals surface area contributed by atoms with Gasteiger partial charge >= 0.3 is 17.8 Å². The van der Waals surface area contributed by atoms with Crippen molar-refractivity contribution >= 4 is 29.7 Å². The number of nitro groups is 1. The molecular formula is C24H19N3O8. The third-order valence-corrected chi connectivity index (χ3v) is 5.14. The summed E-state index contributed by atoms with van der Waals surface area (Å²) in [5, 5.41) is 20.4. The molecule has 0 unspecified atom stereocenters. The van der Waals surface area contributed by atoms with Gasteiger partial charge in [-0.05, 0) is 44.2 Å². The number of nitrogens with zero attached hydrogens (tertiary/aromatic N) is 3. The van der Waals surface area contributed by atoms with Crippen LogP contribution >= 0.6 is 0 Å². The smallest absolute Gasteiger partial charge is 0.433 e. The highest BCUT2D eigenvalue weighted by Crippen LogP contribution is 2.26. The highest BCUT2D eigenvalue weighted by atomic mass is 16.6. The summed E-state index contributed by atoms with van der Waals surface area (Å²) in [6.07, 6.45) is 1.12. The molecule has 0 spiro atoms. The van der Waals surface area contributed by atoms with Gasteiger partial charge in [0.2, 0.25) is 5.78 Å². The van der Waals surface area contributed by atoms with Gasteiger partial charge in [-0.1, -0.05) is 0 Å². The van der Waals surface area contributed by atoms with Crippen LogP contribution in [0.4, 0.5) is 5.88 Å². The van der Waals surface area contributed by atoms with Gasteiger partial charge in [-0.15, -0.1) is 0 Å². The lowest BCUT2D eigenvalue weighted by atomic mass is 10.0. The standard InChI is InChI=1S/C24H19N3O8/c1-13-7-20(22(28)17(12-25)11-19-5-6-21(35-19)27(31)32)14(2)26(13)18-9-15(23(29)33-3)8-16(10-18)24(30)34-4/h5-11H,1-4H3/b17-11+. The summed E-state index contributed by atoms with van der Waals surface area (Å²) in [7, 11) is 2.41. The van der Waals surface area contributed by atoms with Gasteiger partial charge in [0.05, 0.1) is 31.4 Å². The zero-order valence-corrected chi connectivity index (χ0v) is 19.1. The second-order valence-electron chi connectivity index (χ2n) is 7.30. The molecule has 1 aromatic carbocycles. The lowest BCUT2D eigenvalue weighted by Crippen LogP contribution is -2.10. The summed E-state index contributed by atoms with van der Waals surface area (Å²) < 4.78 is 16.2. The van der Waals surface area contributed by atoms with Crippen LogP contribution in [0, 0.1) is 35.3 Å². The van der Waals surface area contributed by atoms with Gasteiger partial charge in [0.25, 0.3) is 0 Å². The molecule has 3 aromatic rings. The summed E-state index contributed by atoms with van der Waals surface area (Å²) in [5.41, 5.74) is 1.48. The van der Waals surface area contributed by atoms with Gasteiger partial charge in [0.15, 0.2) is 0 Å². The Bertz CT molecular complexity index is 1400. The lowest BCUT2D eigenvalue weighted by molar-refractivity contribution is -0.402. The maximum absolute atomic E-state index is 13.2. The van der Waals surface area contributed by atoms with Gasteiger partial charge in [-0.2, -0.15) is 5.26 Å². The molecule has 0 atom stereocenters. The van der Waals surface area contributed by atoms with Crippen molar-refractivity contribution in [2.24, 2.45) is 0 Å². The number of Topliss-reactive ketones (excluding diaryl/α,β-unsaturated/α-hetero) is 1. The molecular weight excluding hydrogens is 458 g/mol. The van der Waals surface area contributed by atoms with Crippen LogP contribution in [0.2, 0.25) is 0 Å². The molecule has 3 rings (SSSR count). The van der Waals surface area contributed by atoms with Crippen LogP contribution in [0.5, 0.6) is 0 Å². The number of carbonyl (C=O) groups is 3. The average Bonchev–Trinajstić information content (AvgIpc) is 3.44. The SMILES string of the molecule is COC(=O)c1cc(C(=O)OC)cc(-n2c(C)cc(C(=O)/C(C#N)=C/c3ccc([N+](=O)[O-])o3)c2C)c1. The predicted molar refractivity (Wildman–Crippen MR) is 121 cm³/mol. The first kappa shape index (κ1) is 24.7. The van der Waals surface area contributed by atoms with Crippen LogP contribution < -0.4 is 0 Å². The molecule has 0 amide bonds. The van der Waals surface area contributed by atoms with Gasteiger partial charge < -0.3 is 18.5 Å². The third-order valence-electron chi connectivity index (χ3n) is 5.14. The van der Waals surface area contributed by atoms with Crippen molar-refractivity contribution in [3.05, 3.63) is 85.9 Å². The number of aryl methyl sites for hydroxylation is 1. The number of ketones is 1. The van der Waals surface area contributed by atoms with Crippen LogP contribution in [0.15, 0.2) is 46.4 Å². The Morgan fingerprint density at radius 3 is 2.14 bits per heavy atom. The van der Waals surface area contributed by atoms with Crippen LogP contribution in [0.1, 0.15) is 48.2 Å². The number of allylic oxidation sites excluding steroid dienone is 1. The number of benzene rings is 1. The first-order valence-corrected chi connectivity index (χ1v) is 10.0. The Hall–Kier alpha value is -4.98. The number of ether oxygens (including phenoxy) is 2. The maximum atomic E-state index is 13.2. The van der Waals surface area contributed by atoms with E-state index >= 15 is 0 Å². The maximum Gasteiger partial charge on any atom is 0.433 e. The zero-order chi connectivity index (χ0) is 25.9. The topological polar surface area (TPSA) is 155 Å². The van der Waals surface area contributed by atoms with E-state index in [0.29, 0.717) is 17.1 Å². The number of rotatable bonds is 7. The molecule has 0 radical (unpaired) electrons. The summed E-state index contributed by atoms with van der Waals surface area (Å²) in [6, 6.07) is 10.1. The summed E-state index contributed by atoms with van der Waals surface area (Å²) in [6.45, 7) is 3.34. The first-order chi connectivity index (χ1) is 16.6. The van der Waals surface area contributed by atoms with Crippen molar-refractivity contribution in [2.75, 3.05) is 14.2 Å². The number of esters is 2. The second kappa shape index (κ2) is 9.88. The van der Waals surface area contributed by atoms with E-state index in [1.807, 2.05) is 0 Å². The van der Waals surface area contributed by atoms with Crippen LogP contribution in [-0.2, 0) is 9.47 Å². The van der Waals surface area contributed by atoms with E-state index in [2.05, 4.69) is 0 Å². The number of aromatic nitrogens is 1. The Morgan fingerprint density at radius 2 is 1.66 bits per heavy atom. The Labute approximate surface area is 198 Å². The monoisotopic (exact) mass is 477 g/mol. The van der Waals surface area contributed by atoms with Gasteiger partial charge in [0, 0.05) is 28.7 Å². The molecule has 0 N–H and O–H groups in total. The molecule has 35 heavy (non-hydrogen) atoms. The van der Waals surface area contributed by atoms with Gasteiger partial charge in [0.1, 0.15) is 22.3 Å². The molecule has 178 valence electrons. The predicted octanol–water partition coefficient (Wildman–Crippen LogP) is 3.96. The molecule has 0 aliphatic heterocycles. The number of hydrogen-bond donors (Lipinski definition) is 0.